The fourth-order valence-electron chi connectivity index (χ4n) is 1.88. The maximum absolute atomic E-state index is 6.62. The Morgan fingerprint density at radius 2 is 1.75 bits per heavy atom. The summed E-state index contributed by atoms with van der Waals surface area (Å²) >= 11 is 0. The third-order valence-electron chi connectivity index (χ3n) is 4.39. The average Bonchev–Trinajstić information content (AvgIpc) is 2.33. The molecule has 0 amide bonds. The lowest BCUT2D eigenvalue weighted by Crippen LogP contribution is -2.47. The zero-order valence-electron chi connectivity index (χ0n) is 14.6. The molecule has 114 valence electrons. The van der Waals surface area contributed by atoms with E-state index in [-0.39, 0.29) is 17.1 Å². The molecule has 0 radical (unpaired) electrons. The zero-order chi connectivity index (χ0) is 16.1. The summed E-state index contributed by atoms with van der Waals surface area (Å²) < 4.78 is 6.62. The van der Waals surface area contributed by atoms with Crippen molar-refractivity contribution in [3.63, 3.8) is 0 Å². The summed E-state index contributed by atoms with van der Waals surface area (Å²) in [6, 6.07) is 0. The van der Waals surface area contributed by atoms with Crippen molar-refractivity contribution in [3.8, 4) is 12.3 Å². The highest BCUT2D eigenvalue weighted by Crippen LogP contribution is 2.39. The molecular formula is C18H32OSi. The first-order chi connectivity index (χ1) is 8.96. The van der Waals surface area contributed by atoms with E-state index < -0.39 is 8.32 Å². The minimum absolute atomic E-state index is 0.136. The molecular weight excluding hydrogens is 260 g/mol. The van der Waals surface area contributed by atoms with Gasteiger partial charge >= 0.3 is 0 Å². The van der Waals surface area contributed by atoms with Gasteiger partial charge in [0.1, 0.15) is 0 Å². The predicted molar refractivity (Wildman–Crippen MR) is 93.2 cm³/mol. The molecule has 20 heavy (non-hydrogen) atoms. The van der Waals surface area contributed by atoms with Gasteiger partial charge in [-0.3, -0.25) is 0 Å². The van der Waals surface area contributed by atoms with Crippen LogP contribution in [0.15, 0.2) is 24.3 Å². The van der Waals surface area contributed by atoms with Gasteiger partial charge in [0.25, 0.3) is 0 Å². The summed E-state index contributed by atoms with van der Waals surface area (Å²) in [5, 5.41) is 0.205. The quantitative estimate of drug-likeness (QED) is 0.361. The molecule has 0 saturated heterocycles. The Hall–Kier alpha value is -0.783. The molecule has 0 aromatic carbocycles. The molecule has 3 atom stereocenters. The second-order valence-electron chi connectivity index (χ2n) is 7.29. The van der Waals surface area contributed by atoms with E-state index >= 15 is 0 Å². The largest absolute Gasteiger partial charge is 0.413 e. The molecule has 0 N–H and O–H groups in total. The van der Waals surface area contributed by atoms with Crippen molar-refractivity contribution in [1.82, 2.24) is 0 Å². The lowest BCUT2D eigenvalue weighted by atomic mass is 9.92. The predicted octanol–water partition coefficient (Wildman–Crippen LogP) is 5.41. The number of allylic oxidation sites excluding steroid dienone is 1. The van der Waals surface area contributed by atoms with Gasteiger partial charge in [-0.25, -0.2) is 0 Å². The van der Waals surface area contributed by atoms with Crippen molar-refractivity contribution in [2.75, 3.05) is 0 Å². The summed E-state index contributed by atoms with van der Waals surface area (Å²) in [5.41, 5.74) is 0.970. The van der Waals surface area contributed by atoms with E-state index in [0.29, 0.717) is 5.92 Å². The molecule has 2 heteroatoms. The van der Waals surface area contributed by atoms with E-state index in [2.05, 4.69) is 66.3 Å². The van der Waals surface area contributed by atoms with E-state index in [1.807, 2.05) is 13.0 Å². The first-order valence-corrected chi connectivity index (χ1v) is 10.3. The normalized spacial score (nSPS) is 18.1. The molecule has 0 fully saturated rings. The van der Waals surface area contributed by atoms with E-state index in [1.165, 1.54) is 0 Å². The maximum atomic E-state index is 6.62. The smallest absolute Gasteiger partial charge is 0.192 e. The van der Waals surface area contributed by atoms with Gasteiger partial charge in [-0.2, -0.15) is 0 Å². The molecule has 0 saturated carbocycles. The second kappa shape index (κ2) is 7.29. The third kappa shape index (κ3) is 5.30. The van der Waals surface area contributed by atoms with Gasteiger partial charge in [0, 0.05) is 5.92 Å². The fourth-order valence-corrected chi connectivity index (χ4v) is 3.35. The monoisotopic (exact) mass is 292 g/mol. The number of terminal acetylenes is 1. The third-order valence-corrected chi connectivity index (χ3v) is 8.86. The molecule has 0 rings (SSSR count). The van der Waals surface area contributed by atoms with Crippen LogP contribution in [0.2, 0.25) is 18.1 Å². The Bertz CT molecular complexity index is 393. The summed E-state index contributed by atoms with van der Waals surface area (Å²) in [4.78, 5) is 0. The van der Waals surface area contributed by atoms with E-state index in [9.17, 15) is 0 Å². The van der Waals surface area contributed by atoms with Crippen LogP contribution in [0, 0.1) is 24.2 Å². The Labute approximate surface area is 127 Å². The highest BCUT2D eigenvalue weighted by Gasteiger charge is 2.40. The average molecular weight is 293 g/mol. The van der Waals surface area contributed by atoms with Crippen LogP contribution in [0.3, 0.4) is 0 Å². The number of hydrogen-bond acceptors (Lipinski definition) is 1. The van der Waals surface area contributed by atoms with E-state index in [4.69, 9.17) is 10.8 Å². The second-order valence-corrected chi connectivity index (χ2v) is 12.0. The summed E-state index contributed by atoms with van der Waals surface area (Å²) in [7, 11) is -1.80. The highest BCUT2D eigenvalue weighted by molar-refractivity contribution is 6.74. The number of hydrogen-bond donors (Lipinski definition) is 0. The Balaban J connectivity index is 5.31. The maximum Gasteiger partial charge on any atom is 0.192 e. The number of rotatable bonds is 6. The van der Waals surface area contributed by atoms with Gasteiger partial charge in [0.2, 0.25) is 0 Å². The van der Waals surface area contributed by atoms with Crippen molar-refractivity contribution in [2.24, 2.45) is 11.8 Å². The molecule has 0 aliphatic heterocycles. The minimum atomic E-state index is -1.80. The van der Waals surface area contributed by atoms with Crippen LogP contribution in [0.5, 0.6) is 0 Å². The van der Waals surface area contributed by atoms with Crippen molar-refractivity contribution < 1.29 is 4.43 Å². The molecule has 0 aliphatic rings. The standard InChI is InChI=1S/C18H32OSi/c1-11-14(3)13-16(5)17(15(4)12-2)19-20(9,10)18(6,7)8/h1,12-13,15-17H,2H2,3-10H3/b14-13+/t15-,16+,17-/m1/s1. The molecule has 1 nitrogen and oxygen atoms in total. The van der Waals surface area contributed by atoms with Crippen LogP contribution >= 0.6 is 0 Å². The van der Waals surface area contributed by atoms with E-state index in [0.717, 1.165) is 5.57 Å². The topological polar surface area (TPSA) is 9.23 Å². The van der Waals surface area contributed by atoms with Gasteiger partial charge < -0.3 is 4.43 Å². The minimum Gasteiger partial charge on any atom is -0.413 e. The molecule has 0 aromatic heterocycles. The SMILES string of the molecule is C#C/C(C)=C/[C@H](C)[C@H](O[Si](C)(C)C(C)(C)C)[C@H](C)C=C. The molecule has 0 heterocycles. The van der Waals surface area contributed by atoms with Crippen LogP contribution in [0.1, 0.15) is 41.5 Å². The van der Waals surface area contributed by atoms with Gasteiger partial charge in [-0.05, 0) is 36.5 Å². The Kier molecular flexibility index (Phi) is 7.00. The van der Waals surface area contributed by atoms with Crippen molar-refractivity contribution in [1.29, 1.82) is 0 Å². The van der Waals surface area contributed by atoms with Gasteiger partial charge in [-0.15, -0.1) is 13.0 Å². The van der Waals surface area contributed by atoms with Crippen LogP contribution in [-0.4, -0.2) is 14.4 Å². The van der Waals surface area contributed by atoms with Crippen LogP contribution in [-0.2, 0) is 4.43 Å². The fraction of sp³-hybridized carbons (Fsp3) is 0.667. The first kappa shape index (κ1) is 19.2. The molecule has 0 unspecified atom stereocenters. The van der Waals surface area contributed by atoms with Crippen LogP contribution in [0.25, 0.3) is 0 Å². The van der Waals surface area contributed by atoms with Gasteiger partial charge in [-0.1, -0.05) is 52.7 Å². The summed E-state index contributed by atoms with van der Waals surface area (Å²) in [6.45, 7) is 21.6. The Morgan fingerprint density at radius 1 is 1.25 bits per heavy atom. The van der Waals surface area contributed by atoms with Crippen molar-refractivity contribution >= 4 is 8.32 Å². The first-order valence-electron chi connectivity index (χ1n) is 7.41. The summed E-state index contributed by atoms with van der Waals surface area (Å²) in [6.07, 6.45) is 9.71. The van der Waals surface area contributed by atoms with Gasteiger partial charge in [0.05, 0.1) is 6.10 Å². The molecule has 0 aromatic rings. The van der Waals surface area contributed by atoms with Gasteiger partial charge in [0.15, 0.2) is 8.32 Å². The molecule has 0 spiro atoms. The molecule has 0 aliphatic carbocycles. The highest BCUT2D eigenvalue weighted by atomic mass is 28.4. The van der Waals surface area contributed by atoms with Crippen LogP contribution < -0.4 is 0 Å². The lowest BCUT2D eigenvalue weighted by Gasteiger charge is -2.42. The Morgan fingerprint density at radius 3 is 2.10 bits per heavy atom. The van der Waals surface area contributed by atoms with Crippen molar-refractivity contribution in [3.05, 3.63) is 24.3 Å². The van der Waals surface area contributed by atoms with E-state index in [1.54, 1.807) is 0 Å². The zero-order valence-corrected chi connectivity index (χ0v) is 15.6. The summed E-state index contributed by atoms with van der Waals surface area (Å²) in [5.74, 6) is 3.28. The van der Waals surface area contributed by atoms with Crippen LogP contribution in [0.4, 0.5) is 0 Å². The molecule has 0 bridgehead atoms. The lowest BCUT2D eigenvalue weighted by molar-refractivity contribution is 0.112. The van der Waals surface area contributed by atoms with Crippen molar-refractivity contribution in [2.45, 2.75) is 65.8 Å².